The van der Waals surface area contributed by atoms with Gasteiger partial charge in [0.25, 0.3) is 0 Å². The standard InChI is InChI=1S/C11H17BrN2/c1-11(2,7-13)10(14)8-4-3-5-9(12)6-8/h3-6,10H,7,13-14H2,1-2H3. The van der Waals surface area contributed by atoms with E-state index >= 15 is 0 Å². The zero-order chi connectivity index (χ0) is 10.8. The molecule has 0 fully saturated rings. The third-order valence-electron chi connectivity index (χ3n) is 2.58. The van der Waals surface area contributed by atoms with Gasteiger partial charge in [0.15, 0.2) is 0 Å². The fraction of sp³-hybridized carbons (Fsp3) is 0.455. The van der Waals surface area contributed by atoms with Crippen molar-refractivity contribution >= 4 is 15.9 Å². The Morgan fingerprint density at radius 3 is 2.57 bits per heavy atom. The van der Waals surface area contributed by atoms with Crippen LogP contribution in [0.25, 0.3) is 0 Å². The first-order valence-corrected chi connectivity index (χ1v) is 5.48. The molecule has 0 aromatic heterocycles. The molecule has 0 saturated carbocycles. The Hall–Kier alpha value is -0.380. The van der Waals surface area contributed by atoms with Gasteiger partial charge in [-0.25, -0.2) is 0 Å². The van der Waals surface area contributed by atoms with E-state index in [4.69, 9.17) is 11.5 Å². The molecule has 0 spiro atoms. The second-order valence-electron chi connectivity index (χ2n) is 4.23. The lowest BCUT2D eigenvalue weighted by atomic mass is 9.81. The summed E-state index contributed by atoms with van der Waals surface area (Å²) in [5.41, 5.74) is 12.9. The van der Waals surface area contributed by atoms with Crippen LogP contribution in [0.5, 0.6) is 0 Å². The van der Waals surface area contributed by atoms with Gasteiger partial charge in [-0.05, 0) is 29.7 Å². The van der Waals surface area contributed by atoms with Crippen LogP contribution in [0.2, 0.25) is 0 Å². The van der Waals surface area contributed by atoms with Crippen LogP contribution >= 0.6 is 15.9 Å². The van der Waals surface area contributed by atoms with Crippen molar-refractivity contribution in [3.8, 4) is 0 Å². The molecule has 0 aliphatic heterocycles. The van der Waals surface area contributed by atoms with Gasteiger partial charge in [-0.2, -0.15) is 0 Å². The van der Waals surface area contributed by atoms with Gasteiger partial charge in [0, 0.05) is 10.5 Å². The Balaban J connectivity index is 2.94. The van der Waals surface area contributed by atoms with Crippen molar-refractivity contribution in [1.82, 2.24) is 0 Å². The van der Waals surface area contributed by atoms with Crippen molar-refractivity contribution < 1.29 is 0 Å². The summed E-state index contributed by atoms with van der Waals surface area (Å²) in [5, 5.41) is 0. The van der Waals surface area contributed by atoms with Crippen LogP contribution in [0.15, 0.2) is 28.7 Å². The van der Waals surface area contributed by atoms with E-state index in [1.165, 1.54) is 0 Å². The molecule has 1 aromatic rings. The molecule has 78 valence electrons. The van der Waals surface area contributed by atoms with Gasteiger partial charge in [0.1, 0.15) is 0 Å². The number of benzene rings is 1. The van der Waals surface area contributed by atoms with Crippen LogP contribution in [-0.4, -0.2) is 6.54 Å². The molecule has 0 amide bonds. The fourth-order valence-electron chi connectivity index (χ4n) is 1.28. The summed E-state index contributed by atoms with van der Waals surface area (Å²) in [4.78, 5) is 0. The van der Waals surface area contributed by atoms with Crippen molar-refractivity contribution in [2.75, 3.05) is 6.54 Å². The molecule has 4 N–H and O–H groups in total. The molecule has 1 aromatic carbocycles. The summed E-state index contributed by atoms with van der Waals surface area (Å²) < 4.78 is 1.05. The van der Waals surface area contributed by atoms with E-state index in [1.54, 1.807) is 0 Å². The van der Waals surface area contributed by atoms with Gasteiger partial charge in [-0.3, -0.25) is 0 Å². The van der Waals surface area contributed by atoms with E-state index in [9.17, 15) is 0 Å². The van der Waals surface area contributed by atoms with Crippen LogP contribution < -0.4 is 11.5 Å². The normalized spacial score (nSPS) is 14.1. The van der Waals surface area contributed by atoms with Gasteiger partial charge >= 0.3 is 0 Å². The lowest BCUT2D eigenvalue weighted by Gasteiger charge is -2.30. The van der Waals surface area contributed by atoms with Crippen LogP contribution in [-0.2, 0) is 0 Å². The van der Waals surface area contributed by atoms with Crippen LogP contribution in [0, 0.1) is 5.41 Å². The molecule has 0 bridgehead atoms. The van der Waals surface area contributed by atoms with Gasteiger partial charge in [0.05, 0.1) is 0 Å². The lowest BCUT2D eigenvalue weighted by molar-refractivity contribution is 0.301. The van der Waals surface area contributed by atoms with Gasteiger partial charge in [0.2, 0.25) is 0 Å². The lowest BCUT2D eigenvalue weighted by Crippen LogP contribution is -2.35. The maximum absolute atomic E-state index is 6.15. The Morgan fingerprint density at radius 1 is 1.43 bits per heavy atom. The highest BCUT2D eigenvalue weighted by atomic mass is 79.9. The molecule has 0 saturated heterocycles. The maximum Gasteiger partial charge on any atom is 0.0359 e. The summed E-state index contributed by atoms with van der Waals surface area (Å²) in [6.07, 6.45) is 0. The third kappa shape index (κ3) is 2.56. The molecular weight excluding hydrogens is 240 g/mol. The highest BCUT2D eigenvalue weighted by molar-refractivity contribution is 9.10. The van der Waals surface area contributed by atoms with E-state index in [0.717, 1.165) is 10.0 Å². The highest BCUT2D eigenvalue weighted by Crippen LogP contribution is 2.30. The summed E-state index contributed by atoms with van der Waals surface area (Å²) in [5.74, 6) is 0. The monoisotopic (exact) mass is 256 g/mol. The molecule has 0 heterocycles. The molecular formula is C11H17BrN2. The number of hydrogen-bond acceptors (Lipinski definition) is 2. The number of hydrogen-bond donors (Lipinski definition) is 2. The predicted molar refractivity (Wildman–Crippen MR) is 63.9 cm³/mol. The molecule has 1 atom stereocenters. The van der Waals surface area contributed by atoms with Crippen LogP contribution in [0.4, 0.5) is 0 Å². The molecule has 1 rings (SSSR count). The largest absolute Gasteiger partial charge is 0.330 e. The van der Waals surface area contributed by atoms with Crippen molar-refractivity contribution in [2.45, 2.75) is 19.9 Å². The van der Waals surface area contributed by atoms with E-state index in [-0.39, 0.29) is 11.5 Å². The smallest absolute Gasteiger partial charge is 0.0359 e. The van der Waals surface area contributed by atoms with Crippen LogP contribution in [0.3, 0.4) is 0 Å². The van der Waals surface area contributed by atoms with E-state index in [1.807, 2.05) is 24.3 Å². The highest BCUT2D eigenvalue weighted by Gasteiger charge is 2.25. The summed E-state index contributed by atoms with van der Waals surface area (Å²) >= 11 is 3.43. The van der Waals surface area contributed by atoms with Crippen molar-refractivity contribution in [3.05, 3.63) is 34.3 Å². The number of nitrogens with two attached hydrogens (primary N) is 2. The molecule has 0 aliphatic rings. The minimum atomic E-state index is -0.0687. The van der Waals surface area contributed by atoms with E-state index < -0.39 is 0 Å². The topological polar surface area (TPSA) is 52.0 Å². The quantitative estimate of drug-likeness (QED) is 0.873. The first kappa shape index (κ1) is 11.7. The SMILES string of the molecule is CC(C)(CN)C(N)c1cccc(Br)c1. The molecule has 0 aliphatic carbocycles. The average molecular weight is 257 g/mol. The van der Waals surface area contributed by atoms with E-state index in [0.29, 0.717) is 6.54 Å². The number of rotatable bonds is 3. The summed E-state index contributed by atoms with van der Waals surface area (Å²) in [7, 11) is 0. The predicted octanol–water partition coefficient (Wildman–Crippen LogP) is 2.43. The Kier molecular flexibility index (Phi) is 3.70. The van der Waals surface area contributed by atoms with Gasteiger partial charge in [-0.15, -0.1) is 0 Å². The Bertz CT molecular complexity index is 310. The fourth-order valence-corrected chi connectivity index (χ4v) is 1.70. The zero-order valence-electron chi connectivity index (χ0n) is 8.63. The van der Waals surface area contributed by atoms with Crippen molar-refractivity contribution in [3.63, 3.8) is 0 Å². The minimum Gasteiger partial charge on any atom is -0.330 e. The number of halogens is 1. The van der Waals surface area contributed by atoms with Gasteiger partial charge < -0.3 is 11.5 Å². The third-order valence-corrected chi connectivity index (χ3v) is 3.07. The first-order chi connectivity index (χ1) is 6.47. The van der Waals surface area contributed by atoms with Crippen LogP contribution in [0.1, 0.15) is 25.5 Å². The molecule has 0 radical (unpaired) electrons. The maximum atomic E-state index is 6.15. The van der Waals surface area contributed by atoms with Crippen molar-refractivity contribution in [1.29, 1.82) is 0 Å². The first-order valence-electron chi connectivity index (χ1n) is 4.68. The van der Waals surface area contributed by atoms with E-state index in [2.05, 4.69) is 29.8 Å². The zero-order valence-corrected chi connectivity index (χ0v) is 10.2. The average Bonchev–Trinajstić information content (AvgIpc) is 2.16. The van der Waals surface area contributed by atoms with Gasteiger partial charge in [-0.1, -0.05) is 41.9 Å². The Morgan fingerprint density at radius 2 is 2.07 bits per heavy atom. The molecule has 3 heteroatoms. The summed E-state index contributed by atoms with van der Waals surface area (Å²) in [6, 6.07) is 8.04. The minimum absolute atomic E-state index is 0.0231. The molecule has 2 nitrogen and oxygen atoms in total. The Labute approximate surface area is 93.8 Å². The second kappa shape index (κ2) is 4.43. The second-order valence-corrected chi connectivity index (χ2v) is 5.14. The summed E-state index contributed by atoms with van der Waals surface area (Å²) in [6.45, 7) is 4.75. The molecule has 1 unspecified atom stereocenters. The molecule has 14 heavy (non-hydrogen) atoms. The van der Waals surface area contributed by atoms with Crippen molar-refractivity contribution in [2.24, 2.45) is 16.9 Å².